The number of benzene rings is 3. The number of ether oxygens (including phenoxy) is 2. The van der Waals surface area contributed by atoms with E-state index in [0.29, 0.717) is 17.9 Å². The van der Waals surface area contributed by atoms with Gasteiger partial charge in [-0.2, -0.15) is 0 Å². The quantitative estimate of drug-likeness (QED) is 0.598. The van der Waals surface area contributed by atoms with E-state index in [-0.39, 0.29) is 11.9 Å². The van der Waals surface area contributed by atoms with Gasteiger partial charge in [0.15, 0.2) is 11.5 Å². The highest BCUT2D eigenvalue weighted by Gasteiger charge is 2.30. The van der Waals surface area contributed by atoms with E-state index in [1.807, 2.05) is 30.3 Å². The van der Waals surface area contributed by atoms with Gasteiger partial charge >= 0.3 is 0 Å². The Labute approximate surface area is 190 Å². The van der Waals surface area contributed by atoms with Crippen molar-refractivity contribution in [3.8, 4) is 11.5 Å². The Hall–Kier alpha value is -3.31. The van der Waals surface area contributed by atoms with Crippen molar-refractivity contribution in [1.29, 1.82) is 0 Å². The molecule has 0 bridgehead atoms. The van der Waals surface area contributed by atoms with Gasteiger partial charge in [-0.3, -0.25) is 9.69 Å². The normalized spacial score (nSPS) is 15.7. The summed E-state index contributed by atoms with van der Waals surface area (Å²) in [6.07, 6.45) is 0.921. The first-order valence-corrected chi connectivity index (χ1v) is 11.0. The molecule has 0 aromatic heterocycles. The van der Waals surface area contributed by atoms with E-state index in [4.69, 9.17) is 9.47 Å². The van der Waals surface area contributed by atoms with Gasteiger partial charge in [0.2, 0.25) is 0 Å². The standard InChI is InChI=1S/C27H30N2O3/c1-19-9-7-8-12-22(19)18-29-14-13-21-15-25(31-2)26(32-3)16-23(21)24(29)17-28-27(30)20-10-5-4-6-11-20/h4-12,15-16,24H,13-14,17-18H2,1-3H3,(H,28,30)/t24-/m1/s1. The number of carbonyl (C=O) groups excluding carboxylic acids is 1. The number of amides is 1. The summed E-state index contributed by atoms with van der Waals surface area (Å²) < 4.78 is 11.1. The lowest BCUT2D eigenvalue weighted by molar-refractivity contribution is 0.0925. The van der Waals surface area contributed by atoms with Crippen LogP contribution in [0.2, 0.25) is 0 Å². The van der Waals surface area contributed by atoms with Gasteiger partial charge in [0.05, 0.1) is 20.3 Å². The Balaban J connectivity index is 1.64. The van der Waals surface area contributed by atoms with Crippen LogP contribution in [0.1, 0.15) is 38.7 Å². The molecule has 1 aliphatic rings. The molecule has 1 amide bonds. The Morgan fingerprint density at radius 1 is 1.00 bits per heavy atom. The molecule has 0 radical (unpaired) electrons. The maximum atomic E-state index is 12.8. The van der Waals surface area contributed by atoms with Gasteiger partial charge in [0.1, 0.15) is 0 Å². The SMILES string of the molecule is COc1cc2c(cc1OC)[C@@H](CNC(=O)c1ccccc1)N(Cc1ccccc1C)CC2. The number of fused-ring (bicyclic) bond motifs is 1. The summed E-state index contributed by atoms with van der Waals surface area (Å²) >= 11 is 0. The maximum Gasteiger partial charge on any atom is 0.251 e. The zero-order valence-corrected chi connectivity index (χ0v) is 18.9. The van der Waals surface area contributed by atoms with Gasteiger partial charge < -0.3 is 14.8 Å². The number of carbonyl (C=O) groups is 1. The van der Waals surface area contributed by atoms with Crippen LogP contribution < -0.4 is 14.8 Å². The van der Waals surface area contributed by atoms with Crippen LogP contribution in [0.25, 0.3) is 0 Å². The van der Waals surface area contributed by atoms with Crippen molar-refractivity contribution >= 4 is 5.91 Å². The highest BCUT2D eigenvalue weighted by atomic mass is 16.5. The van der Waals surface area contributed by atoms with Crippen molar-refractivity contribution < 1.29 is 14.3 Å². The third kappa shape index (κ3) is 4.63. The van der Waals surface area contributed by atoms with Crippen LogP contribution in [0.15, 0.2) is 66.7 Å². The third-order valence-electron chi connectivity index (χ3n) is 6.24. The molecule has 1 aliphatic heterocycles. The van der Waals surface area contributed by atoms with Crippen LogP contribution >= 0.6 is 0 Å². The number of hydrogen-bond acceptors (Lipinski definition) is 4. The van der Waals surface area contributed by atoms with Crippen molar-refractivity contribution in [3.63, 3.8) is 0 Å². The molecule has 1 heterocycles. The van der Waals surface area contributed by atoms with E-state index in [2.05, 4.69) is 53.5 Å². The predicted octanol–water partition coefficient (Wildman–Crippen LogP) is 4.54. The zero-order chi connectivity index (χ0) is 22.5. The van der Waals surface area contributed by atoms with Crippen LogP contribution in [0.4, 0.5) is 0 Å². The van der Waals surface area contributed by atoms with E-state index in [1.165, 1.54) is 22.3 Å². The molecule has 0 fully saturated rings. The second-order valence-corrected chi connectivity index (χ2v) is 8.14. The van der Waals surface area contributed by atoms with Crippen LogP contribution in [0, 0.1) is 6.92 Å². The molecule has 5 heteroatoms. The number of rotatable bonds is 7. The number of aryl methyl sites for hydroxylation is 1. The van der Waals surface area contributed by atoms with Crippen molar-refractivity contribution in [2.45, 2.75) is 25.9 Å². The smallest absolute Gasteiger partial charge is 0.251 e. The average molecular weight is 431 g/mol. The molecular weight excluding hydrogens is 400 g/mol. The number of methoxy groups -OCH3 is 2. The fourth-order valence-corrected chi connectivity index (χ4v) is 4.40. The highest BCUT2D eigenvalue weighted by molar-refractivity contribution is 5.94. The predicted molar refractivity (Wildman–Crippen MR) is 126 cm³/mol. The van der Waals surface area contributed by atoms with E-state index in [0.717, 1.165) is 25.3 Å². The molecule has 1 N–H and O–H groups in total. The Morgan fingerprint density at radius 3 is 2.41 bits per heavy atom. The van der Waals surface area contributed by atoms with Crippen LogP contribution in [-0.4, -0.2) is 38.1 Å². The fraction of sp³-hybridized carbons (Fsp3) is 0.296. The minimum Gasteiger partial charge on any atom is -0.493 e. The first kappa shape index (κ1) is 21.9. The molecule has 0 saturated carbocycles. The molecule has 32 heavy (non-hydrogen) atoms. The Morgan fingerprint density at radius 2 is 1.69 bits per heavy atom. The molecule has 4 rings (SSSR count). The molecule has 3 aromatic carbocycles. The second kappa shape index (κ2) is 9.88. The van der Waals surface area contributed by atoms with Gasteiger partial charge in [-0.05, 0) is 59.9 Å². The lowest BCUT2D eigenvalue weighted by Crippen LogP contribution is -2.42. The molecular formula is C27H30N2O3. The van der Waals surface area contributed by atoms with Crippen LogP contribution in [-0.2, 0) is 13.0 Å². The van der Waals surface area contributed by atoms with Crippen LogP contribution in [0.5, 0.6) is 11.5 Å². The summed E-state index contributed by atoms with van der Waals surface area (Å²) in [7, 11) is 3.32. The van der Waals surface area contributed by atoms with Gasteiger partial charge in [-0.1, -0.05) is 42.5 Å². The number of nitrogens with zero attached hydrogens (tertiary/aromatic N) is 1. The van der Waals surface area contributed by atoms with Crippen molar-refractivity contribution in [2.24, 2.45) is 0 Å². The van der Waals surface area contributed by atoms with E-state index >= 15 is 0 Å². The lowest BCUT2D eigenvalue weighted by atomic mass is 9.91. The number of nitrogens with one attached hydrogen (secondary N) is 1. The van der Waals surface area contributed by atoms with E-state index < -0.39 is 0 Å². The first-order chi connectivity index (χ1) is 15.6. The van der Waals surface area contributed by atoms with Crippen molar-refractivity contribution in [2.75, 3.05) is 27.3 Å². The summed E-state index contributed by atoms with van der Waals surface area (Å²) in [6, 6.07) is 22.0. The minimum atomic E-state index is -0.0611. The monoisotopic (exact) mass is 430 g/mol. The molecule has 0 saturated heterocycles. The lowest BCUT2D eigenvalue weighted by Gasteiger charge is -2.38. The Kier molecular flexibility index (Phi) is 6.76. The van der Waals surface area contributed by atoms with Crippen molar-refractivity contribution in [1.82, 2.24) is 10.2 Å². The molecule has 0 unspecified atom stereocenters. The molecule has 3 aromatic rings. The summed E-state index contributed by atoms with van der Waals surface area (Å²) in [5.74, 6) is 1.39. The molecule has 0 spiro atoms. The summed E-state index contributed by atoms with van der Waals surface area (Å²) in [4.78, 5) is 15.2. The molecule has 1 atom stereocenters. The maximum absolute atomic E-state index is 12.8. The second-order valence-electron chi connectivity index (χ2n) is 8.14. The molecule has 5 nitrogen and oxygen atoms in total. The zero-order valence-electron chi connectivity index (χ0n) is 18.9. The minimum absolute atomic E-state index is 0.0332. The first-order valence-electron chi connectivity index (χ1n) is 11.0. The van der Waals surface area contributed by atoms with Gasteiger partial charge in [-0.15, -0.1) is 0 Å². The van der Waals surface area contributed by atoms with Crippen LogP contribution in [0.3, 0.4) is 0 Å². The van der Waals surface area contributed by atoms with E-state index in [9.17, 15) is 4.79 Å². The summed E-state index contributed by atoms with van der Waals surface area (Å²) in [5.41, 5.74) is 5.66. The Bertz CT molecular complexity index is 1080. The van der Waals surface area contributed by atoms with E-state index in [1.54, 1.807) is 14.2 Å². The molecule has 166 valence electrons. The highest BCUT2D eigenvalue weighted by Crippen LogP contribution is 2.38. The van der Waals surface area contributed by atoms with Crippen molar-refractivity contribution in [3.05, 3.63) is 94.5 Å². The fourth-order valence-electron chi connectivity index (χ4n) is 4.40. The largest absolute Gasteiger partial charge is 0.493 e. The number of hydrogen-bond donors (Lipinski definition) is 1. The topological polar surface area (TPSA) is 50.8 Å². The third-order valence-corrected chi connectivity index (χ3v) is 6.24. The average Bonchev–Trinajstić information content (AvgIpc) is 2.84. The molecule has 0 aliphatic carbocycles. The summed E-state index contributed by atoms with van der Waals surface area (Å²) in [5, 5.41) is 3.15. The van der Waals surface area contributed by atoms with Gasteiger partial charge in [-0.25, -0.2) is 0 Å². The summed E-state index contributed by atoms with van der Waals surface area (Å²) in [6.45, 7) is 4.39. The van der Waals surface area contributed by atoms with Gasteiger partial charge in [0.25, 0.3) is 5.91 Å². The van der Waals surface area contributed by atoms with Gasteiger partial charge in [0, 0.05) is 25.2 Å².